The molecule has 21 heavy (non-hydrogen) atoms. The lowest BCUT2D eigenvalue weighted by Crippen LogP contribution is -2.31. The van der Waals surface area contributed by atoms with Gasteiger partial charge in [0, 0.05) is 30.6 Å². The van der Waals surface area contributed by atoms with Gasteiger partial charge in [-0.2, -0.15) is 0 Å². The Morgan fingerprint density at radius 3 is 2.90 bits per heavy atom. The Morgan fingerprint density at radius 2 is 2.14 bits per heavy atom. The third kappa shape index (κ3) is 3.00. The van der Waals surface area contributed by atoms with Gasteiger partial charge < -0.3 is 15.2 Å². The second kappa shape index (κ2) is 5.74. The molecule has 3 nitrogen and oxygen atoms in total. The largest absolute Gasteiger partial charge is 0.508 e. The summed E-state index contributed by atoms with van der Waals surface area (Å²) in [6, 6.07) is 12.1. The first-order valence-corrected chi connectivity index (χ1v) is 7.10. The number of hydrogen-bond donors (Lipinski definition) is 2. The van der Waals surface area contributed by atoms with E-state index in [-0.39, 0.29) is 17.9 Å². The van der Waals surface area contributed by atoms with Crippen LogP contribution in [0.4, 0.5) is 4.39 Å². The van der Waals surface area contributed by atoms with E-state index in [9.17, 15) is 9.50 Å². The number of fused-ring (bicyclic) bond motifs is 1. The van der Waals surface area contributed by atoms with Crippen LogP contribution in [0.2, 0.25) is 0 Å². The highest BCUT2D eigenvalue weighted by molar-refractivity contribution is 5.37. The number of phenols is 1. The first-order valence-electron chi connectivity index (χ1n) is 7.10. The van der Waals surface area contributed by atoms with Crippen LogP contribution in [0.1, 0.15) is 24.1 Å². The van der Waals surface area contributed by atoms with Crippen LogP contribution >= 0.6 is 0 Å². The first-order chi connectivity index (χ1) is 10.1. The zero-order valence-electron chi connectivity index (χ0n) is 11.8. The molecule has 0 spiro atoms. The second-order valence-electron chi connectivity index (χ2n) is 5.38. The summed E-state index contributed by atoms with van der Waals surface area (Å²) in [5, 5.41) is 13.1. The van der Waals surface area contributed by atoms with Gasteiger partial charge in [-0.3, -0.25) is 0 Å². The maximum Gasteiger partial charge on any atom is 0.126 e. The van der Waals surface area contributed by atoms with Gasteiger partial charge in [-0.25, -0.2) is 4.39 Å². The van der Waals surface area contributed by atoms with Crippen LogP contribution in [-0.2, 0) is 6.42 Å². The number of ether oxygens (including phenoxy) is 1. The van der Waals surface area contributed by atoms with Crippen LogP contribution in [0.3, 0.4) is 0 Å². The van der Waals surface area contributed by atoms with E-state index in [0.29, 0.717) is 12.1 Å². The molecule has 0 fully saturated rings. The van der Waals surface area contributed by atoms with Crippen LogP contribution in [-0.4, -0.2) is 17.8 Å². The Balaban J connectivity index is 1.59. The summed E-state index contributed by atoms with van der Waals surface area (Å²) >= 11 is 0. The molecule has 2 aromatic carbocycles. The van der Waals surface area contributed by atoms with Crippen molar-refractivity contribution in [3.8, 4) is 11.5 Å². The van der Waals surface area contributed by atoms with E-state index in [4.69, 9.17) is 4.74 Å². The monoisotopic (exact) mass is 287 g/mol. The summed E-state index contributed by atoms with van der Waals surface area (Å²) in [4.78, 5) is 0. The average Bonchev–Trinajstić information content (AvgIpc) is 2.87. The smallest absolute Gasteiger partial charge is 0.126 e. The van der Waals surface area contributed by atoms with E-state index in [0.717, 1.165) is 18.2 Å². The number of nitrogens with one attached hydrogen (secondary N) is 1. The van der Waals surface area contributed by atoms with Crippen molar-refractivity contribution >= 4 is 0 Å². The van der Waals surface area contributed by atoms with Gasteiger partial charge >= 0.3 is 0 Å². The van der Waals surface area contributed by atoms with Gasteiger partial charge in [0.1, 0.15) is 23.4 Å². The summed E-state index contributed by atoms with van der Waals surface area (Å²) < 4.78 is 18.9. The Kier molecular flexibility index (Phi) is 3.80. The minimum absolute atomic E-state index is 0.0226. The van der Waals surface area contributed by atoms with Crippen LogP contribution in [0.25, 0.3) is 0 Å². The van der Waals surface area contributed by atoms with Crippen LogP contribution in [0, 0.1) is 5.82 Å². The normalized spacial score (nSPS) is 18.1. The van der Waals surface area contributed by atoms with Crippen molar-refractivity contribution in [2.75, 3.05) is 6.54 Å². The molecule has 0 saturated carbocycles. The number of phenolic OH excluding ortho intramolecular Hbond substituents is 1. The molecule has 1 heterocycles. The van der Waals surface area contributed by atoms with E-state index >= 15 is 0 Å². The third-order valence-electron chi connectivity index (χ3n) is 3.82. The SMILES string of the molecule is CC(NCC1Cc2ccccc2O1)c1ccc(F)cc1O. The van der Waals surface area contributed by atoms with Gasteiger partial charge in [0.15, 0.2) is 0 Å². The quantitative estimate of drug-likeness (QED) is 0.907. The van der Waals surface area contributed by atoms with Gasteiger partial charge in [-0.1, -0.05) is 24.3 Å². The van der Waals surface area contributed by atoms with Crippen LogP contribution in [0.15, 0.2) is 42.5 Å². The van der Waals surface area contributed by atoms with E-state index < -0.39 is 5.82 Å². The molecule has 2 atom stereocenters. The van der Waals surface area contributed by atoms with E-state index in [2.05, 4.69) is 11.4 Å². The molecule has 110 valence electrons. The summed E-state index contributed by atoms with van der Waals surface area (Å²) in [7, 11) is 0. The first kappa shape index (κ1) is 13.9. The summed E-state index contributed by atoms with van der Waals surface area (Å²) in [6.07, 6.45) is 0.970. The zero-order valence-corrected chi connectivity index (χ0v) is 11.8. The molecule has 2 N–H and O–H groups in total. The van der Waals surface area contributed by atoms with Crippen molar-refractivity contribution in [2.45, 2.75) is 25.5 Å². The van der Waals surface area contributed by atoms with Crippen LogP contribution in [0.5, 0.6) is 11.5 Å². The Morgan fingerprint density at radius 1 is 1.33 bits per heavy atom. The Hall–Kier alpha value is -2.07. The van der Waals surface area contributed by atoms with Gasteiger partial charge in [0.05, 0.1) is 0 Å². The zero-order chi connectivity index (χ0) is 14.8. The average molecular weight is 287 g/mol. The minimum Gasteiger partial charge on any atom is -0.508 e. The number of benzene rings is 2. The van der Waals surface area contributed by atoms with Crippen LogP contribution < -0.4 is 10.1 Å². The maximum absolute atomic E-state index is 13.0. The molecule has 1 aliphatic rings. The fourth-order valence-corrected chi connectivity index (χ4v) is 2.67. The van der Waals surface area contributed by atoms with Gasteiger partial charge in [-0.15, -0.1) is 0 Å². The predicted molar refractivity (Wildman–Crippen MR) is 79.0 cm³/mol. The lowest BCUT2D eigenvalue weighted by molar-refractivity contribution is 0.222. The molecule has 2 aromatic rings. The van der Waals surface area contributed by atoms with Gasteiger partial charge in [-0.05, 0) is 24.6 Å². The highest BCUT2D eigenvalue weighted by atomic mass is 19.1. The maximum atomic E-state index is 13.0. The Labute approximate surface area is 123 Å². The Bertz CT molecular complexity index is 619. The van der Waals surface area contributed by atoms with Gasteiger partial charge in [0.2, 0.25) is 0 Å². The molecule has 0 saturated heterocycles. The highest BCUT2D eigenvalue weighted by Crippen LogP contribution is 2.29. The van der Waals surface area contributed by atoms with Crippen molar-refractivity contribution in [1.29, 1.82) is 0 Å². The third-order valence-corrected chi connectivity index (χ3v) is 3.82. The molecular weight excluding hydrogens is 269 g/mol. The van der Waals surface area contributed by atoms with Crippen molar-refractivity contribution in [3.05, 3.63) is 59.4 Å². The topological polar surface area (TPSA) is 41.5 Å². The van der Waals surface area contributed by atoms with E-state index in [1.165, 1.54) is 11.6 Å². The molecular formula is C17H18FNO2. The van der Waals surface area contributed by atoms with Crippen molar-refractivity contribution < 1.29 is 14.2 Å². The lowest BCUT2D eigenvalue weighted by Gasteiger charge is -2.18. The second-order valence-corrected chi connectivity index (χ2v) is 5.38. The minimum atomic E-state index is -0.432. The molecule has 0 bridgehead atoms. The van der Waals surface area contributed by atoms with Crippen molar-refractivity contribution in [2.24, 2.45) is 0 Å². The standard InChI is InChI=1S/C17H18FNO2/c1-11(15-7-6-13(18)9-16(15)20)19-10-14-8-12-4-2-3-5-17(12)21-14/h2-7,9,11,14,19-20H,8,10H2,1H3. The number of aromatic hydroxyl groups is 1. The fourth-order valence-electron chi connectivity index (χ4n) is 2.67. The number of para-hydroxylation sites is 1. The van der Waals surface area contributed by atoms with Crippen molar-refractivity contribution in [1.82, 2.24) is 5.32 Å². The highest BCUT2D eigenvalue weighted by Gasteiger charge is 2.23. The molecule has 0 aliphatic carbocycles. The van der Waals surface area contributed by atoms with Gasteiger partial charge in [0.25, 0.3) is 0 Å². The van der Waals surface area contributed by atoms with E-state index in [1.54, 1.807) is 6.07 Å². The fraction of sp³-hybridized carbons (Fsp3) is 0.294. The number of halogens is 1. The number of hydrogen-bond acceptors (Lipinski definition) is 3. The molecule has 2 unspecified atom stereocenters. The molecule has 3 rings (SSSR count). The predicted octanol–water partition coefficient (Wildman–Crippen LogP) is 3.19. The summed E-state index contributed by atoms with van der Waals surface area (Å²) in [5.41, 5.74) is 1.91. The number of rotatable bonds is 4. The molecule has 0 aromatic heterocycles. The summed E-state index contributed by atoms with van der Waals surface area (Å²) in [6.45, 7) is 2.61. The van der Waals surface area contributed by atoms with Crippen molar-refractivity contribution in [3.63, 3.8) is 0 Å². The lowest BCUT2D eigenvalue weighted by atomic mass is 10.1. The molecule has 0 amide bonds. The molecule has 4 heteroatoms. The molecule has 1 aliphatic heterocycles. The molecule has 0 radical (unpaired) electrons. The van der Waals surface area contributed by atoms with E-state index in [1.807, 2.05) is 25.1 Å². The summed E-state index contributed by atoms with van der Waals surface area (Å²) in [5.74, 6) is 0.491.